The maximum atomic E-state index is 2.38. The Bertz CT molecular complexity index is 3530. The Morgan fingerprint density at radius 2 is 0.661 bits per heavy atom. The monoisotopic (exact) mass is 706 g/mol. The molecule has 12 aromatic rings. The van der Waals surface area contributed by atoms with E-state index >= 15 is 0 Å². The molecule has 0 aliphatic carbocycles. The molecule has 0 unspecified atom stereocenters. The molecule has 0 atom stereocenters. The molecule has 0 bridgehead atoms. The fourth-order valence-electron chi connectivity index (χ4n) is 9.58. The molecule has 0 aliphatic heterocycles. The summed E-state index contributed by atoms with van der Waals surface area (Å²) in [4.78, 5) is 0. The average molecular weight is 707 g/mol. The number of rotatable bonds is 4. The van der Waals surface area contributed by atoms with Crippen molar-refractivity contribution in [1.82, 2.24) is 0 Å². The Balaban J connectivity index is 1.03. The summed E-state index contributed by atoms with van der Waals surface area (Å²) in [6, 6.07) is 76.7. The van der Waals surface area contributed by atoms with Crippen LogP contribution in [0.2, 0.25) is 0 Å². The molecule has 0 saturated carbocycles. The van der Waals surface area contributed by atoms with Gasteiger partial charge in [-0.2, -0.15) is 0 Å². The highest BCUT2D eigenvalue weighted by Gasteiger charge is 2.18. The summed E-state index contributed by atoms with van der Waals surface area (Å²) < 4.78 is 0. The van der Waals surface area contributed by atoms with Crippen molar-refractivity contribution in [3.63, 3.8) is 0 Å². The van der Waals surface area contributed by atoms with Gasteiger partial charge in [-0.25, -0.2) is 0 Å². The molecular weight excluding hydrogens is 673 g/mol. The van der Waals surface area contributed by atoms with Crippen LogP contribution < -0.4 is 0 Å². The molecule has 0 nitrogen and oxygen atoms in total. The zero-order chi connectivity index (χ0) is 36.7. The Labute approximate surface area is 324 Å². The van der Waals surface area contributed by atoms with E-state index in [-0.39, 0.29) is 0 Å². The van der Waals surface area contributed by atoms with Crippen molar-refractivity contribution in [2.75, 3.05) is 0 Å². The fraction of sp³-hybridized carbons (Fsp3) is 0. The molecule has 0 heteroatoms. The lowest BCUT2D eigenvalue weighted by Crippen LogP contribution is -1.92. The summed E-state index contributed by atoms with van der Waals surface area (Å²) in [5.74, 6) is 0. The first-order chi connectivity index (χ1) is 27.8. The van der Waals surface area contributed by atoms with E-state index in [0.717, 1.165) is 0 Å². The predicted molar refractivity (Wildman–Crippen MR) is 242 cm³/mol. The standard InChI is InChI=1S/C56H34/c1-3-14-43-35(10-1)20-21-42-33-39(26-28-45(42)43)38-12-9-13-40(32-38)46-27-22-36-25-31-53-51(29-23-37-24-30-52(46)55(36)56(37)53)48-17-6-8-19-50(48)54-34-41-11-2-4-15-44(41)47-16-5-7-18-49(47)54/h1-34H. The zero-order valence-electron chi connectivity index (χ0n) is 30.6. The van der Waals surface area contributed by atoms with Crippen molar-refractivity contribution < 1.29 is 0 Å². The van der Waals surface area contributed by atoms with Gasteiger partial charge in [0.25, 0.3) is 0 Å². The van der Waals surface area contributed by atoms with Crippen LogP contribution in [-0.2, 0) is 0 Å². The highest BCUT2D eigenvalue weighted by Crippen LogP contribution is 2.46. The van der Waals surface area contributed by atoms with Crippen molar-refractivity contribution >= 4 is 75.4 Å². The minimum atomic E-state index is 1.23. The second-order valence-corrected chi connectivity index (χ2v) is 15.2. The molecule has 0 aliphatic rings. The molecule has 0 radical (unpaired) electrons. The summed E-state index contributed by atoms with van der Waals surface area (Å²) in [5.41, 5.74) is 9.98. The quantitative estimate of drug-likeness (QED) is 0.160. The Morgan fingerprint density at radius 3 is 1.45 bits per heavy atom. The van der Waals surface area contributed by atoms with E-state index in [1.807, 2.05) is 0 Å². The van der Waals surface area contributed by atoms with Crippen molar-refractivity contribution in [3.05, 3.63) is 206 Å². The van der Waals surface area contributed by atoms with Crippen molar-refractivity contribution in [1.29, 1.82) is 0 Å². The van der Waals surface area contributed by atoms with Crippen LogP contribution in [0.4, 0.5) is 0 Å². The van der Waals surface area contributed by atoms with Gasteiger partial charge in [0.1, 0.15) is 0 Å². The fourth-order valence-corrected chi connectivity index (χ4v) is 9.58. The summed E-state index contributed by atoms with van der Waals surface area (Å²) in [7, 11) is 0. The van der Waals surface area contributed by atoms with Crippen molar-refractivity contribution in [2.24, 2.45) is 0 Å². The molecule has 0 spiro atoms. The van der Waals surface area contributed by atoms with E-state index in [4.69, 9.17) is 0 Å². The smallest absolute Gasteiger partial charge is 0.00203 e. The Kier molecular flexibility index (Phi) is 6.73. The first-order valence-corrected chi connectivity index (χ1v) is 19.5. The molecule has 12 aromatic carbocycles. The first kappa shape index (κ1) is 31.1. The van der Waals surface area contributed by atoms with Crippen LogP contribution in [0, 0.1) is 0 Å². The van der Waals surface area contributed by atoms with Crippen LogP contribution in [-0.4, -0.2) is 0 Å². The number of fused-ring (bicyclic) bond motifs is 6. The van der Waals surface area contributed by atoms with Gasteiger partial charge in [0.2, 0.25) is 0 Å². The molecular formula is C56H34. The lowest BCUT2D eigenvalue weighted by molar-refractivity contribution is 1.62. The lowest BCUT2D eigenvalue weighted by atomic mass is 9.84. The SMILES string of the molecule is c1cc(-c2ccc3c(ccc4ccccc43)c2)cc(-c2ccc3ccc4c(-c5ccccc5-c5cc6ccccc6c6ccccc56)ccc5ccc2c3c54)c1. The van der Waals surface area contributed by atoms with Crippen molar-refractivity contribution in [2.45, 2.75) is 0 Å². The van der Waals surface area contributed by atoms with Crippen molar-refractivity contribution in [3.8, 4) is 44.5 Å². The normalized spacial score (nSPS) is 11.9. The van der Waals surface area contributed by atoms with Gasteiger partial charge in [0.05, 0.1) is 0 Å². The minimum absolute atomic E-state index is 1.23. The van der Waals surface area contributed by atoms with Gasteiger partial charge >= 0.3 is 0 Å². The largest absolute Gasteiger partial charge is 0.0616 e. The zero-order valence-corrected chi connectivity index (χ0v) is 30.6. The summed E-state index contributed by atoms with van der Waals surface area (Å²) in [6.45, 7) is 0. The summed E-state index contributed by atoms with van der Waals surface area (Å²) in [6.07, 6.45) is 0. The highest BCUT2D eigenvalue weighted by atomic mass is 14.2. The molecule has 12 rings (SSSR count). The summed E-state index contributed by atoms with van der Waals surface area (Å²) >= 11 is 0. The van der Waals surface area contributed by atoms with Gasteiger partial charge in [-0.15, -0.1) is 0 Å². The van der Waals surface area contributed by atoms with Gasteiger partial charge in [-0.05, 0) is 138 Å². The topological polar surface area (TPSA) is 0 Å². The van der Waals surface area contributed by atoms with E-state index in [1.54, 1.807) is 0 Å². The van der Waals surface area contributed by atoms with Gasteiger partial charge in [-0.1, -0.05) is 188 Å². The van der Waals surface area contributed by atoms with E-state index in [2.05, 4.69) is 206 Å². The van der Waals surface area contributed by atoms with E-state index in [0.29, 0.717) is 0 Å². The molecule has 0 heterocycles. The molecule has 56 heavy (non-hydrogen) atoms. The molecule has 258 valence electrons. The number of hydrogen-bond donors (Lipinski definition) is 0. The van der Waals surface area contributed by atoms with Crippen LogP contribution >= 0.6 is 0 Å². The molecule has 0 aromatic heterocycles. The van der Waals surface area contributed by atoms with Crippen LogP contribution in [0.25, 0.3) is 120 Å². The third kappa shape index (κ3) is 4.66. The van der Waals surface area contributed by atoms with Crippen LogP contribution in [0.1, 0.15) is 0 Å². The van der Waals surface area contributed by atoms with Gasteiger partial charge in [0.15, 0.2) is 0 Å². The maximum Gasteiger partial charge on any atom is -0.00203 e. The second-order valence-electron chi connectivity index (χ2n) is 15.2. The maximum absolute atomic E-state index is 2.38. The molecule has 0 fully saturated rings. The van der Waals surface area contributed by atoms with Crippen LogP contribution in [0.3, 0.4) is 0 Å². The molecule has 0 N–H and O–H groups in total. The number of benzene rings is 12. The lowest BCUT2D eigenvalue weighted by Gasteiger charge is -2.19. The van der Waals surface area contributed by atoms with Gasteiger partial charge in [0, 0.05) is 0 Å². The number of hydrogen-bond acceptors (Lipinski definition) is 0. The minimum Gasteiger partial charge on any atom is -0.0616 e. The van der Waals surface area contributed by atoms with E-state index in [9.17, 15) is 0 Å². The summed E-state index contributed by atoms with van der Waals surface area (Å²) in [5, 5.41) is 18.0. The Hall–Kier alpha value is -7.28. The molecule has 0 saturated heterocycles. The average Bonchev–Trinajstić information content (AvgIpc) is 3.27. The van der Waals surface area contributed by atoms with Gasteiger partial charge < -0.3 is 0 Å². The first-order valence-electron chi connectivity index (χ1n) is 19.5. The third-order valence-electron chi connectivity index (χ3n) is 12.2. The molecule has 0 amide bonds. The van der Waals surface area contributed by atoms with E-state index < -0.39 is 0 Å². The van der Waals surface area contributed by atoms with Crippen LogP contribution in [0.5, 0.6) is 0 Å². The third-order valence-corrected chi connectivity index (χ3v) is 12.2. The second kappa shape index (κ2) is 12.1. The van der Waals surface area contributed by atoms with E-state index in [1.165, 1.54) is 120 Å². The predicted octanol–water partition coefficient (Wildman–Crippen LogP) is 15.9. The highest BCUT2D eigenvalue weighted by molar-refractivity contribution is 6.28. The van der Waals surface area contributed by atoms with Gasteiger partial charge in [-0.3, -0.25) is 0 Å². The Morgan fingerprint density at radius 1 is 0.179 bits per heavy atom. The van der Waals surface area contributed by atoms with Crippen LogP contribution in [0.15, 0.2) is 206 Å².